The van der Waals surface area contributed by atoms with Gasteiger partial charge in [0.2, 0.25) is 0 Å². The van der Waals surface area contributed by atoms with Gasteiger partial charge in [-0.05, 0) is 25.5 Å². The maximum absolute atomic E-state index is 6.19. The van der Waals surface area contributed by atoms with E-state index in [4.69, 9.17) is 28.9 Å². The first-order chi connectivity index (χ1) is 8.56. The van der Waals surface area contributed by atoms with Gasteiger partial charge in [0, 0.05) is 12.1 Å². The highest BCUT2D eigenvalue weighted by atomic mass is 35.5. The molecule has 96 valence electrons. The third-order valence-corrected chi connectivity index (χ3v) is 3.47. The Bertz CT molecular complexity index is 556. The van der Waals surface area contributed by atoms with Crippen LogP contribution in [0.2, 0.25) is 10.0 Å². The van der Waals surface area contributed by atoms with Gasteiger partial charge < -0.3 is 10.3 Å². The lowest BCUT2D eigenvalue weighted by molar-refractivity contribution is 0.665. The van der Waals surface area contributed by atoms with Crippen molar-refractivity contribution in [3.05, 3.63) is 34.1 Å². The molecule has 3 nitrogen and oxygen atoms in total. The van der Waals surface area contributed by atoms with Crippen LogP contribution < -0.4 is 5.73 Å². The summed E-state index contributed by atoms with van der Waals surface area (Å²) in [6.45, 7) is 4.87. The standard InChI is InChI=1S/C13H15Cl2N3/c1-3-7-18-8(2)17-12(13(18)16)11-9(14)5-4-6-10(11)15/h4-6H,3,7,16H2,1-2H3. The molecule has 0 spiro atoms. The van der Waals surface area contributed by atoms with Crippen molar-refractivity contribution in [1.29, 1.82) is 0 Å². The Morgan fingerprint density at radius 1 is 1.28 bits per heavy atom. The molecule has 0 aliphatic heterocycles. The van der Waals surface area contributed by atoms with Gasteiger partial charge in [0.1, 0.15) is 17.3 Å². The number of aromatic nitrogens is 2. The van der Waals surface area contributed by atoms with Crippen LogP contribution in [0, 0.1) is 6.92 Å². The van der Waals surface area contributed by atoms with Crippen LogP contribution in [0.15, 0.2) is 18.2 Å². The Labute approximate surface area is 117 Å². The summed E-state index contributed by atoms with van der Waals surface area (Å²) in [4.78, 5) is 4.49. The number of nitrogens with two attached hydrogens (primary N) is 1. The first-order valence-corrected chi connectivity index (χ1v) is 6.58. The van der Waals surface area contributed by atoms with Crippen LogP contribution in [0.4, 0.5) is 5.82 Å². The molecule has 0 unspecified atom stereocenters. The molecule has 1 heterocycles. The first-order valence-electron chi connectivity index (χ1n) is 5.83. The second-order valence-electron chi connectivity index (χ2n) is 4.14. The van der Waals surface area contributed by atoms with Gasteiger partial charge in [0.15, 0.2) is 0 Å². The van der Waals surface area contributed by atoms with Crippen molar-refractivity contribution in [2.75, 3.05) is 5.73 Å². The highest BCUT2D eigenvalue weighted by Crippen LogP contribution is 2.37. The highest BCUT2D eigenvalue weighted by Gasteiger charge is 2.17. The first kappa shape index (κ1) is 13.2. The van der Waals surface area contributed by atoms with Crippen molar-refractivity contribution in [3.63, 3.8) is 0 Å². The van der Waals surface area contributed by atoms with E-state index < -0.39 is 0 Å². The topological polar surface area (TPSA) is 43.8 Å². The van der Waals surface area contributed by atoms with Crippen molar-refractivity contribution in [2.24, 2.45) is 0 Å². The van der Waals surface area contributed by atoms with Crippen LogP contribution >= 0.6 is 23.2 Å². The molecule has 0 aliphatic rings. The summed E-state index contributed by atoms with van der Waals surface area (Å²) in [6, 6.07) is 5.38. The molecule has 0 radical (unpaired) electrons. The van der Waals surface area contributed by atoms with E-state index in [1.807, 2.05) is 11.5 Å². The Morgan fingerprint density at radius 2 is 1.89 bits per heavy atom. The summed E-state index contributed by atoms with van der Waals surface area (Å²) in [5.41, 5.74) is 7.51. The van der Waals surface area contributed by atoms with E-state index in [2.05, 4.69) is 11.9 Å². The van der Waals surface area contributed by atoms with E-state index in [0.29, 0.717) is 27.1 Å². The quantitative estimate of drug-likeness (QED) is 0.919. The third-order valence-electron chi connectivity index (χ3n) is 2.84. The van der Waals surface area contributed by atoms with E-state index >= 15 is 0 Å². The van der Waals surface area contributed by atoms with Crippen LogP contribution in [0.5, 0.6) is 0 Å². The van der Waals surface area contributed by atoms with Crippen LogP contribution in [0.3, 0.4) is 0 Å². The second kappa shape index (κ2) is 5.21. The van der Waals surface area contributed by atoms with E-state index in [9.17, 15) is 0 Å². The number of nitrogens with zero attached hydrogens (tertiary/aromatic N) is 2. The lowest BCUT2D eigenvalue weighted by Gasteiger charge is -2.07. The average Bonchev–Trinajstić information content (AvgIpc) is 2.58. The number of nitrogen functional groups attached to an aromatic ring is 1. The molecule has 2 rings (SSSR count). The monoisotopic (exact) mass is 283 g/mol. The summed E-state index contributed by atoms with van der Waals surface area (Å²) in [5, 5.41) is 1.13. The molecule has 0 atom stereocenters. The fourth-order valence-electron chi connectivity index (χ4n) is 2.00. The van der Waals surface area contributed by atoms with Gasteiger partial charge in [-0.25, -0.2) is 4.98 Å². The molecule has 5 heteroatoms. The molecule has 0 amide bonds. The molecule has 2 N–H and O–H groups in total. The molecule has 0 aliphatic carbocycles. The normalized spacial score (nSPS) is 10.9. The van der Waals surface area contributed by atoms with Crippen LogP contribution in [0.25, 0.3) is 11.3 Å². The van der Waals surface area contributed by atoms with E-state index in [1.54, 1.807) is 18.2 Å². The minimum atomic E-state index is 0.565. The molecular formula is C13H15Cl2N3. The van der Waals surface area contributed by atoms with Crippen LogP contribution in [0.1, 0.15) is 19.2 Å². The van der Waals surface area contributed by atoms with Crippen molar-refractivity contribution in [3.8, 4) is 11.3 Å². The molecule has 18 heavy (non-hydrogen) atoms. The molecular weight excluding hydrogens is 269 g/mol. The van der Waals surface area contributed by atoms with Gasteiger partial charge in [0.05, 0.1) is 10.0 Å². The Kier molecular flexibility index (Phi) is 3.83. The fraction of sp³-hybridized carbons (Fsp3) is 0.308. The zero-order valence-corrected chi connectivity index (χ0v) is 11.9. The zero-order chi connectivity index (χ0) is 13.3. The van der Waals surface area contributed by atoms with Gasteiger partial charge in [-0.15, -0.1) is 0 Å². The van der Waals surface area contributed by atoms with E-state index in [-0.39, 0.29) is 0 Å². The summed E-state index contributed by atoms with van der Waals surface area (Å²) in [6.07, 6.45) is 0.997. The summed E-state index contributed by atoms with van der Waals surface area (Å²) in [7, 11) is 0. The number of hydrogen-bond acceptors (Lipinski definition) is 2. The second-order valence-corrected chi connectivity index (χ2v) is 4.96. The molecule has 0 saturated heterocycles. The number of hydrogen-bond donors (Lipinski definition) is 1. The molecule has 1 aromatic heterocycles. The number of imidazole rings is 1. The number of halogens is 2. The lowest BCUT2D eigenvalue weighted by Crippen LogP contribution is -2.04. The predicted octanol–water partition coefficient (Wildman–Crippen LogP) is 4.16. The van der Waals surface area contributed by atoms with E-state index in [1.165, 1.54) is 0 Å². The van der Waals surface area contributed by atoms with Gasteiger partial charge in [-0.2, -0.15) is 0 Å². The van der Waals surface area contributed by atoms with E-state index in [0.717, 1.165) is 18.8 Å². The Hall–Kier alpha value is -1.19. The van der Waals surface area contributed by atoms with Gasteiger partial charge in [-0.1, -0.05) is 36.2 Å². The number of anilines is 1. The summed E-state index contributed by atoms with van der Waals surface area (Å²) in [5.74, 6) is 1.49. The maximum atomic E-state index is 6.19. The van der Waals surface area contributed by atoms with Crippen molar-refractivity contribution in [2.45, 2.75) is 26.8 Å². The molecule has 2 aromatic rings. The Balaban J connectivity index is 2.62. The van der Waals surface area contributed by atoms with Crippen molar-refractivity contribution in [1.82, 2.24) is 9.55 Å². The number of benzene rings is 1. The van der Waals surface area contributed by atoms with Gasteiger partial charge in [-0.3, -0.25) is 0 Å². The van der Waals surface area contributed by atoms with Crippen LogP contribution in [-0.4, -0.2) is 9.55 Å². The number of rotatable bonds is 3. The maximum Gasteiger partial charge on any atom is 0.131 e. The van der Waals surface area contributed by atoms with Crippen molar-refractivity contribution >= 4 is 29.0 Å². The lowest BCUT2D eigenvalue weighted by atomic mass is 10.1. The molecule has 0 saturated carbocycles. The zero-order valence-electron chi connectivity index (χ0n) is 10.4. The van der Waals surface area contributed by atoms with Gasteiger partial charge >= 0.3 is 0 Å². The summed E-state index contributed by atoms with van der Waals surface area (Å²) >= 11 is 12.4. The summed E-state index contributed by atoms with van der Waals surface area (Å²) < 4.78 is 1.98. The predicted molar refractivity (Wildman–Crippen MR) is 77.1 cm³/mol. The minimum absolute atomic E-state index is 0.565. The molecule has 0 fully saturated rings. The largest absolute Gasteiger partial charge is 0.383 e. The van der Waals surface area contributed by atoms with Gasteiger partial charge in [0.25, 0.3) is 0 Å². The van der Waals surface area contributed by atoms with Crippen molar-refractivity contribution < 1.29 is 0 Å². The third kappa shape index (κ3) is 2.20. The highest BCUT2D eigenvalue weighted by molar-refractivity contribution is 6.39. The Morgan fingerprint density at radius 3 is 2.44 bits per heavy atom. The minimum Gasteiger partial charge on any atom is -0.383 e. The molecule has 0 bridgehead atoms. The van der Waals surface area contributed by atoms with Crippen LogP contribution in [-0.2, 0) is 6.54 Å². The fourth-order valence-corrected chi connectivity index (χ4v) is 2.57. The smallest absolute Gasteiger partial charge is 0.131 e. The number of aryl methyl sites for hydroxylation is 1. The SMILES string of the molecule is CCCn1c(C)nc(-c2c(Cl)cccc2Cl)c1N. The average molecular weight is 284 g/mol. The molecule has 1 aromatic carbocycles.